The maximum atomic E-state index is 9.99. The standard InChI is InChI=1S/C17H33NO/c1-3-12-17(2)13-8-10-16(11-14-17)9-6-4-5-7-15-18-19/h16H,3-15H2,1-2H3. The van der Waals surface area contributed by atoms with Crippen LogP contribution in [0.5, 0.6) is 0 Å². The van der Waals surface area contributed by atoms with Gasteiger partial charge in [-0.15, -0.1) is 0 Å². The van der Waals surface area contributed by atoms with Gasteiger partial charge >= 0.3 is 0 Å². The first kappa shape index (κ1) is 16.7. The topological polar surface area (TPSA) is 29.4 Å². The van der Waals surface area contributed by atoms with E-state index >= 15 is 0 Å². The van der Waals surface area contributed by atoms with E-state index in [9.17, 15) is 4.91 Å². The lowest BCUT2D eigenvalue weighted by molar-refractivity contribution is 0.246. The van der Waals surface area contributed by atoms with Crippen LogP contribution in [0.3, 0.4) is 0 Å². The first-order valence-electron chi connectivity index (χ1n) is 8.49. The minimum atomic E-state index is 0.513. The molecule has 0 N–H and O–H groups in total. The molecule has 2 heteroatoms. The predicted molar refractivity (Wildman–Crippen MR) is 83.3 cm³/mol. The summed E-state index contributed by atoms with van der Waals surface area (Å²) in [6.45, 7) is 5.34. The largest absolute Gasteiger partial charge is 0.151 e. The zero-order valence-corrected chi connectivity index (χ0v) is 13.1. The van der Waals surface area contributed by atoms with Crippen molar-refractivity contribution in [3.8, 4) is 0 Å². The molecule has 0 aliphatic heterocycles. The molecule has 1 rings (SSSR count). The monoisotopic (exact) mass is 267 g/mol. The maximum absolute atomic E-state index is 9.99. The van der Waals surface area contributed by atoms with Gasteiger partial charge in [-0.3, -0.25) is 0 Å². The Hall–Kier alpha value is -0.400. The minimum Gasteiger partial charge on any atom is -0.151 e. The fourth-order valence-electron chi connectivity index (χ4n) is 3.74. The number of hydrogen-bond acceptors (Lipinski definition) is 2. The summed E-state index contributed by atoms with van der Waals surface area (Å²) in [6.07, 6.45) is 16.2. The molecule has 1 saturated carbocycles. The molecule has 19 heavy (non-hydrogen) atoms. The van der Waals surface area contributed by atoms with Crippen LogP contribution < -0.4 is 0 Å². The van der Waals surface area contributed by atoms with Crippen molar-refractivity contribution < 1.29 is 0 Å². The summed E-state index contributed by atoms with van der Waals surface area (Å²) >= 11 is 0. The molecule has 1 aliphatic rings. The molecule has 0 aromatic heterocycles. The van der Waals surface area contributed by atoms with Crippen molar-refractivity contribution in [3.63, 3.8) is 0 Å². The van der Waals surface area contributed by atoms with Crippen molar-refractivity contribution in [1.29, 1.82) is 0 Å². The molecule has 0 aromatic carbocycles. The van der Waals surface area contributed by atoms with Gasteiger partial charge in [0.1, 0.15) is 0 Å². The fraction of sp³-hybridized carbons (Fsp3) is 1.00. The normalized spacial score (nSPS) is 28.0. The number of hydrogen-bond donors (Lipinski definition) is 0. The Morgan fingerprint density at radius 2 is 1.89 bits per heavy atom. The van der Waals surface area contributed by atoms with Crippen LogP contribution in [-0.2, 0) is 0 Å². The zero-order chi connectivity index (χ0) is 14.0. The van der Waals surface area contributed by atoms with E-state index in [0.29, 0.717) is 12.0 Å². The molecule has 0 amide bonds. The predicted octanol–water partition coefficient (Wildman–Crippen LogP) is 6.09. The van der Waals surface area contributed by atoms with Crippen molar-refractivity contribution in [2.24, 2.45) is 16.5 Å². The lowest BCUT2D eigenvalue weighted by Crippen LogP contribution is -2.14. The number of nitroso groups, excluding NO2 is 1. The second kappa shape index (κ2) is 9.50. The van der Waals surface area contributed by atoms with Gasteiger partial charge in [0.05, 0.1) is 6.54 Å². The summed E-state index contributed by atoms with van der Waals surface area (Å²) in [5.41, 5.74) is 0.638. The third-order valence-corrected chi connectivity index (χ3v) is 5.01. The molecule has 2 atom stereocenters. The van der Waals surface area contributed by atoms with Crippen LogP contribution >= 0.6 is 0 Å². The van der Waals surface area contributed by atoms with Crippen LogP contribution in [-0.4, -0.2) is 6.54 Å². The molecule has 0 saturated heterocycles. The van der Waals surface area contributed by atoms with Crippen molar-refractivity contribution in [3.05, 3.63) is 4.91 Å². The highest BCUT2D eigenvalue weighted by Gasteiger charge is 2.27. The molecule has 1 aliphatic carbocycles. The Balaban J connectivity index is 2.13. The SMILES string of the molecule is CCCC1(C)CCCC(CCCCCCN=O)CC1. The van der Waals surface area contributed by atoms with Crippen molar-refractivity contribution in [2.45, 2.75) is 90.9 Å². The molecule has 0 spiro atoms. The van der Waals surface area contributed by atoms with Gasteiger partial charge in [-0.1, -0.05) is 64.0 Å². The maximum Gasteiger partial charge on any atom is 0.0811 e. The Kier molecular flexibility index (Phi) is 8.32. The summed E-state index contributed by atoms with van der Waals surface area (Å²) in [7, 11) is 0. The van der Waals surface area contributed by atoms with Crippen LogP contribution in [0.15, 0.2) is 5.18 Å². The third-order valence-electron chi connectivity index (χ3n) is 5.01. The zero-order valence-electron chi connectivity index (χ0n) is 13.1. The molecule has 0 aromatic rings. The Labute approximate surface area is 119 Å². The highest BCUT2D eigenvalue weighted by atomic mass is 16.3. The van der Waals surface area contributed by atoms with Crippen LogP contribution in [0.4, 0.5) is 0 Å². The fourth-order valence-corrected chi connectivity index (χ4v) is 3.74. The van der Waals surface area contributed by atoms with Gasteiger partial charge in [0.25, 0.3) is 0 Å². The summed E-state index contributed by atoms with van der Waals surface area (Å²) in [5.74, 6) is 0.975. The number of rotatable bonds is 9. The van der Waals surface area contributed by atoms with E-state index < -0.39 is 0 Å². The Bertz CT molecular complexity index is 241. The van der Waals surface area contributed by atoms with Crippen LogP contribution in [0.25, 0.3) is 0 Å². The average Bonchev–Trinajstić information content (AvgIpc) is 2.57. The van der Waals surface area contributed by atoms with Crippen LogP contribution in [0.1, 0.15) is 90.9 Å². The van der Waals surface area contributed by atoms with E-state index in [2.05, 4.69) is 19.0 Å². The second-order valence-corrected chi connectivity index (χ2v) is 6.91. The first-order valence-corrected chi connectivity index (χ1v) is 8.49. The highest BCUT2D eigenvalue weighted by Crippen LogP contribution is 2.41. The lowest BCUT2D eigenvalue weighted by Gasteiger charge is -2.27. The van der Waals surface area contributed by atoms with Gasteiger partial charge in [-0.05, 0) is 43.4 Å². The van der Waals surface area contributed by atoms with Gasteiger partial charge in [0, 0.05) is 0 Å². The van der Waals surface area contributed by atoms with E-state index in [1.54, 1.807) is 0 Å². The smallest absolute Gasteiger partial charge is 0.0811 e. The molecule has 0 heterocycles. The highest BCUT2D eigenvalue weighted by molar-refractivity contribution is 4.79. The molecule has 2 nitrogen and oxygen atoms in total. The summed E-state index contributed by atoms with van der Waals surface area (Å²) in [5, 5.41) is 2.92. The first-order chi connectivity index (χ1) is 9.20. The van der Waals surface area contributed by atoms with Crippen LogP contribution in [0.2, 0.25) is 0 Å². The van der Waals surface area contributed by atoms with E-state index in [1.807, 2.05) is 0 Å². The Morgan fingerprint density at radius 3 is 2.63 bits per heavy atom. The van der Waals surface area contributed by atoms with Gasteiger partial charge in [-0.25, -0.2) is 0 Å². The molecular weight excluding hydrogens is 234 g/mol. The van der Waals surface area contributed by atoms with Crippen molar-refractivity contribution >= 4 is 0 Å². The summed E-state index contributed by atoms with van der Waals surface area (Å²) in [4.78, 5) is 9.99. The third kappa shape index (κ3) is 7.08. The van der Waals surface area contributed by atoms with Crippen LogP contribution in [0, 0.1) is 16.2 Å². The molecule has 0 radical (unpaired) electrons. The second-order valence-electron chi connectivity index (χ2n) is 6.91. The van der Waals surface area contributed by atoms with Gasteiger partial charge in [-0.2, -0.15) is 4.91 Å². The molecule has 112 valence electrons. The van der Waals surface area contributed by atoms with E-state index in [0.717, 1.165) is 12.3 Å². The van der Waals surface area contributed by atoms with Crippen molar-refractivity contribution in [1.82, 2.24) is 0 Å². The quantitative estimate of drug-likeness (QED) is 0.282. The number of nitrogens with zero attached hydrogens (tertiary/aromatic N) is 1. The molecule has 2 unspecified atom stereocenters. The summed E-state index contributed by atoms with van der Waals surface area (Å²) < 4.78 is 0. The number of unbranched alkanes of at least 4 members (excludes halogenated alkanes) is 3. The lowest BCUT2D eigenvalue weighted by atomic mass is 9.78. The van der Waals surface area contributed by atoms with Gasteiger partial charge in [0.2, 0.25) is 0 Å². The minimum absolute atomic E-state index is 0.513. The molecule has 1 fully saturated rings. The molecule has 0 bridgehead atoms. The van der Waals surface area contributed by atoms with E-state index in [1.165, 1.54) is 70.6 Å². The van der Waals surface area contributed by atoms with E-state index in [-0.39, 0.29) is 0 Å². The van der Waals surface area contributed by atoms with E-state index in [4.69, 9.17) is 0 Å². The van der Waals surface area contributed by atoms with Gasteiger partial charge in [0.15, 0.2) is 0 Å². The molecular formula is C17H33NO. The van der Waals surface area contributed by atoms with Gasteiger partial charge < -0.3 is 0 Å². The van der Waals surface area contributed by atoms with Crippen molar-refractivity contribution in [2.75, 3.05) is 6.54 Å². The summed E-state index contributed by atoms with van der Waals surface area (Å²) in [6, 6.07) is 0. The average molecular weight is 267 g/mol. The Morgan fingerprint density at radius 1 is 1.11 bits per heavy atom.